The van der Waals surface area contributed by atoms with Crippen LogP contribution in [-0.4, -0.2) is 62.3 Å². The zero-order valence-corrected chi connectivity index (χ0v) is 15.2. The lowest BCUT2D eigenvalue weighted by Gasteiger charge is -2.31. The average molecular weight is 450 g/mol. The van der Waals surface area contributed by atoms with Gasteiger partial charge in [0.25, 0.3) is 20.3 Å². The van der Waals surface area contributed by atoms with Crippen molar-refractivity contribution in [2.24, 2.45) is 0 Å². The highest BCUT2D eigenvalue weighted by Gasteiger charge is 2.46. The van der Waals surface area contributed by atoms with Crippen molar-refractivity contribution in [2.45, 2.75) is 30.8 Å². The highest BCUT2D eigenvalue weighted by Crippen LogP contribution is 2.21. The molecule has 18 heteroatoms. The third-order valence-corrected chi connectivity index (χ3v) is 3.54. The zero-order valence-electron chi connectivity index (χ0n) is 15.2. The van der Waals surface area contributed by atoms with E-state index in [0.29, 0.717) is 0 Å². The molecule has 0 saturated heterocycles. The Hall–Kier alpha value is -4.35. The number of hydrogen-bond donors (Lipinski definition) is 1. The van der Waals surface area contributed by atoms with Gasteiger partial charge < -0.3 is 24.5 Å². The van der Waals surface area contributed by atoms with Crippen LogP contribution in [0.25, 0.3) is 0 Å². The van der Waals surface area contributed by atoms with Crippen LogP contribution in [0.3, 0.4) is 0 Å². The number of hydrogen-bond acceptors (Lipinski definition) is 14. The lowest BCUT2D eigenvalue weighted by atomic mass is 9.96. The van der Waals surface area contributed by atoms with Crippen molar-refractivity contribution in [1.29, 1.82) is 0 Å². The summed E-state index contributed by atoms with van der Waals surface area (Å²) >= 11 is 0. The fourth-order valence-electron chi connectivity index (χ4n) is 2.43. The Morgan fingerprint density at radius 2 is 1.29 bits per heavy atom. The topological polar surface area (TPSA) is 247 Å². The van der Waals surface area contributed by atoms with Gasteiger partial charge in [-0.3, -0.25) is 4.79 Å². The highest BCUT2D eigenvalue weighted by molar-refractivity contribution is 5.85. The number of rotatable bonds is 15. The maximum Gasteiger partial charge on any atom is 0.295 e. The summed E-state index contributed by atoms with van der Waals surface area (Å²) in [6, 6.07) is 7.42. The van der Waals surface area contributed by atoms with Gasteiger partial charge in [-0.2, -0.15) is 0 Å². The molecular weight excluding hydrogens is 436 g/mol. The van der Waals surface area contributed by atoms with Crippen molar-refractivity contribution in [2.75, 3.05) is 6.61 Å². The minimum Gasteiger partial charge on any atom is -0.394 e. The van der Waals surface area contributed by atoms with Gasteiger partial charge in [0.1, 0.15) is 0 Å². The highest BCUT2D eigenvalue weighted by atomic mass is 17.0. The lowest BCUT2D eigenvalue weighted by Crippen LogP contribution is -2.55. The first-order chi connectivity index (χ1) is 14.5. The Kier molecular flexibility index (Phi) is 9.24. The molecular formula is C13H14N4O14. The Morgan fingerprint density at radius 1 is 0.806 bits per heavy atom. The van der Waals surface area contributed by atoms with Crippen molar-refractivity contribution in [3.63, 3.8) is 0 Å². The Bertz CT molecular complexity index is 805. The molecule has 170 valence electrons. The predicted molar refractivity (Wildman–Crippen MR) is 89.7 cm³/mol. The summed E-state index contributed by atoms with van der Waals surface area (Å²) in [7, 11) is 0. The van der Waals surface area contributed by atoms with E-state index in [1.165, 1.54) is 24.3 Å². The van der Waals surface area contributed by atoms with Gasteiger partial charge in [-0.15, -0.1) is 40.5 Å². The van der Waals surface area contributed by atoms with Gasteiger partial charge in [-0.1, -0.05) is 30.3 Å². The first-order valence-electron chi connectivity index (χ1n) is 7.97. The number of aliphatic hydroxyl groups is 1. The van der Waals surface area contributed by atoms with Crippen LogP contribution in [-0.2, 0) is 30.6 Å². The monoisotopic (exact) mass is 450 g/mol. The minimum absolute atomic E-state index is 0.274. The molecule has 0 unspecified atom stereocenters. The van der Waals surface area contributed by atoms with Crippen LogP contribution in [0.4, 0.5) is 0 Å². The fourth-order valence-corrected chi connectivity index (χ4v) is 2.43. The maximum atomic E-state index is 12.6. The van der Waals surface area contributed by atoms with E-state index < -0.39 is 63.6 Å². The smallest absolute Gasteiger partial charge is 0.295 e. The first kappa shape index (κ1) is 24.7. The molecule has 0 bridgehead atoms. The second kappa shape index (κ2) is 11.6. The Balaban J connectivity index is 3.41. The molecule has 4 atom stereocenters. The second-order valence-electron chi connectivity index (χ2n) is 5.52. The molecule has 31 heavy (non-hydrogen) atoms. The van der Waals surface area contributed by atoms with Crippen LogP contribution in [0.15, 0.2) is 30.3 Å². The van der Waals surface area contributed by atoms with Crippen molar-refractivity contribution in [3.05, 3.63) is 76.4 Å². The molecule has 0 aliphatic heterocycles. The Morgan fingerprint density at radius 3 is 1.74 bits per heavy atom. The van der Waals surface area contributed by atoms with E-state index in [4.69, 9.17) is 0 Å². The third-order valence-electron chi connectivity index (χ3n) is 3.54. The van der Waals surface area contributed by atoms with E-state index in [0.717, 1.165) is 0 Å². The summed E-state index contributed by atoms with van der Waals surface area (Å²) in [5, 5.41) is 46.2. The zero-order chi connectivity index (χ0) is 23.6. The molecule has 0 spiro atoms. The summed E-state index contributed by atoms with van der Waals surface area (Å²) in [4.78, 5) is 72.1. The van der Waals surface area contributed by atoms with Crippen LogP contribution in [0.5, 0.6) is 0 Å². The molecule has 0 aliphatic carbocycles. The molecule has 1 N–H and O–H groups in total. The number of ketones is 1. The summed E-state index contributed by atoms with van der Waals surface area (Å²) in [6.45, 7) is -1.39. The second-order valence-corrected chi connectivity index (χ2v) is 5.52. The largest absolute Gasteiger partial charge is 0.394 e. The molecule has 0 saturated carbocycles. The van der Waals surface area contributed by atoms with Gasteiger partial charge in [0.15, 0.2) is 30.2 Å². The summed E-state index contributed by atoms with van der Waals surface area (Å²) in [5.74, 6) is -1.23. The molecule has 0 amide bonds. The molecule has 1 rings (SSSR count). The van der Waals surface area contributed by atoms with E-state index in [1.54, 1.807) is 6.07 Å². The van der Waals surface area contributed by atoms with Crippen molar-refractivity contribution < 1.29 is 49.6 Å². The molecule has 1 aromatic rings. The number of Topliss-reactive ketones (excluding diaryl/α,β-unsaturated/α-hetero) is 1. The molecule has 1 aromatic carbocycles. The normalized spacial score (nSPS) is 14.2. The van der Waals surface area contributed by atoms with Gasteiger partial charge in [-0.05, 0) is 5.56 Å². The van der Waals surface area contributed by atoms with E-state index >= 15 is 0 Å². The average Bonchev–Trinajstić information content (AvgIpc) is 2.67. The molecule has 0 fully saturated rings. The Labute approximate surface area is 170 Å². The van der Waals surface area contributed by atoms with Crippen molar-refractivity contribution in [3.8, 4) is 0 Å². The molecule has 18 nitrogen and oxygen atoms in total. The van der Waals surface area contributed by atoms with Gasteiger partial charge in [0.2, 0.25) is 0 Å². The number of aliphatic hydroxyl groups excluding tert-OH is 1. The molecule has 0 heterocycles. The minimum atomic E-state index is -2.63. The van der Waals surface area contributed by atoms with E-state index in [2.05, 4.69) is 19.4 Å². The maximum absolute atomic E-state index is 12.6. The van der Waals surface area contributed by atoms with Crippen molar-refractivity contribution in [1.82, 2.24) is 0 Å². The lowest BCUT2D eigenvalue weighted by molar-refractivity contribution is -0.825. The molecule has 0 aromatic heterocycles. The SMILES string of the molecule is O=C(Cc1ccccc1)[C@H](O[N+](=O)[O-])[C@H](O[N+](=O)[O-])[C@@H](O[N+](=O)[O-])[C@H](CO)O[N+](=O)[O-]. The summed E-state index contributed by atoms with van der Waals surface area (Å²) in [6.07, 6.45) is -10.7. The molecule has 0 radical (unpaired) electrons. The van der Waals surface area contributed by atoms with Gasteiger partial charge in [0.05, 0.1) is 6.61 Å². The number of benzene rings is 1. The quantitative estimate of drug-likeness (QED) is 0.251. The van der Waals surface area contributed by atoms with Crippen molar-refractivity contribution >= 4 is 5.78 Å². The fraction of sp³-hybridized carbons (Fsp3) is 0.462. The van der Waals surface area contributed by atoms with E-state index in [1.807, 2.05) is 0 Å². The van der Waals surface area contributed by atoms with Crippen LogP contribution in [0.2, 0.25) is 0 Å². The number of carbonyl (C=O) groups is 1. The van der Waals surface area contributed by atoms with Gasteiger partial charge >= 0.3 is 0 Å². The van der Waals surface area contributed by atoms with E-state index in [-0.39, 0.29) is 5.56 Å². The predicted octanol–water partition coefficient (Wildman–Crippen LogP) is -0.902. The molecule has 0 aliphatic rings. The van der Waals surface area contributed by atoms with Crippen LogP contribution in [0.1, 0.15) is 5.56 Å². The first-order valence-corrected chi connectivity index (χ1v) is 7.97. The van der Waals surface area contributed by atoms with Crippen LogP contribution < -0.4 is 0 Å². The number of carbonyl (C=O) groups excluding carboxylic acids is 1. The summed E-state index contributed by atoms with van der Waals surface area (Å²) < 4.78 is 0. The van der Waals surface area contributed by atoms with Crippen LogP contribution >= 0.6 is 0 Å². The standard InChI is InChI=1S/C13H14N4O14/c18-7-10(28-14(20)21)12(30-16(24)25)13(31-17(26)27)11(29-15(22)23)9(19)6-8-4-2-1-3-5-8/h1-5,10-13,18H,6-7H2/t10-,11-,12-,13-/m0/s1. The van der Waals surface area contributed by atoms with Gasteiger partial charge in [0, 0.05) is 6.42 Å². The van der Waals surface area contributed by atoms with Crippen LogP contribution in [0, 0.1) is 40.5 Å². The summed E-state index contributed by atoms with van der Waals surface area (Å²) in [5.41, 5.74) is 0.274. The van der Waals surface area contributed by atoms with E-state index in [9.17, 15) is 50.4 Å². The van der Waals surface area contributed by atoms with Gasteiger partial charge in [-0.25, -0.2) is 0 Å². The number of nitrogens with zero attached hydrogens (tertiary/aromatic N) is 4. The third kappa shape index (κ3) is 8.27.